The van der Waals surface area contributed by atoms with E-state index < -0.39 is 11.6 Å². The summed E-state index contributed by atoms with van der Waals surface area (Å²) in [6, 6.07) is 2.77. The van der Waals surface area contributed by atoms with E-state index in [2.05, 4.69) is 5.32 Å². The van der Waals surface area contributed by atoms with Gasteiger partial charge in [0.1, 0.15) is 11.6 Å². The third-order valence-corrected chi connectivity index (χ3v) is 3.14. The van der Waals surface area contributed by atoms with E-state index in [1.54, 1.807) is 0 Å². The lowest BCUT2D eigenvalue weighted by Gasteiger charge is -2.11. The molecule has 0 bridgehead atoms. The van der Waals surface area contributed by atoms with Crippen molar-refractivity contribution in [2.24, 2.45) is 0 Å². The second kappa shape index (κ2) is 4.10. The summed E-state index contributed by atoms with van der Waals surface area (Å²) in [5, 5.41) is 3.10. The minimum absolute atomic E-state index is 0.00741. The van der Waals surface area contributed by atoms with Gasteiger partial charge in [-0.3, -0.25) is 0 Å². The predicted molar refractivity (Wildman–Crippen MR) is 59.3 cm³/mol. The first-order chi connectivity index (χ1) is 6.68. The van der Waals surface area contributed by atoms with Crippen molar-refractivity contribution in [1.82, 2.24) is 5.32 Å². The molecule has 0 saturated carbocycles. The SMILES string of the molecule is Fc1cc(I)cc(F)c1C1CCNC1. The number of halogens is 3. The number of hydrogen-bond acceptors (Lipinski definition) is 1. The van der Waals surface area contributed by atoms with Crippen LogP contribution in [-0.2, 0) is 0 Å². The van der Waals surface area contributed by atoms with Crippen molar-refractivity contribution in [2.75, 3.05) is 13.1 Å². The second-order valence-electron chi connectivity index (χ2n) is 3.47. The van der Waals surface area contributed by atoms with Gasteiger partial charge in [0, 0.05) is 21.6 Å². The Labute approximate surface area is 95.0 Å². The van der Waals surface area contributed by atoms with Gasteiger partial charge in [0.25, 0.3) is 0 Å². The van der Waals surface area contributed by atoms with E-state index in [1.165, 1.54) is 12.1 Å². The van der Waals surface area contributed by atoms with Gasteiger partial charge in [0.15, 0.2) is 0 Å². The average Bonchev–Trinajstić information content (AvgIpc) is 2.54. The van der Waals surface area contributed by atoms with E-state index in [1.807, 2.05) is 22.6 Å². The molecule has 76 valence electrons. The van der Waals surface area contributed by atoms with Crippen LogP contribution in [0, 0.1) is 15.2 Å². The molecular weight excluding hydrogens is 299 g/mol. The molecule has 1 saturated heterocycles. The summed E-state index contributed by atoms with van der Waals surface area (Å²) in [6.07, 6.45) is 0.814. The molecule has 1 aromatic rings. The Balaban J connectivity index is 2.40. The Kier molecular flexibility index (Phi) is 3.02. The van der Waals surface area contributed by atoms with E-state index in [0.717, 1.165) is 13.0 Å². The molecule has 1 nitrogen and oxygen atoms in total. The normalized spacial score (nSPS) is 21.5. The zero-order valence-electron chi connectivity index (χ0n) is 7.49. The molecule has 0 aromatic heterocycles. The third kappa shape index (κ3) is 1.91. The Morgan fingerprint density at radius 1 is 1.29 bits per heavy atom. The highest BCUT2D eigenvalue weighted by atomic mass is 127. The highest BCUT2D eigenvalue weighted by Crippen LogP contribution is 2.28. The van der Waals surface area contributed by atoms with E-state index in [9.17, 15) is 8.78 Å². The Hall–Kier alpha value is -0.230. The van der Waals surface area contributed by atoms with Crippen LogP contribution in [0.4, 0.5) is 8.78 Å². The number of hydrogen-bond donors (Lipinski definition) is 1. The van der Waals surface area contributed by atoms with Crippen LogP contribution < -0.4 is 5.32 Å². The van der Waals surface area contributed by atoms with Crippen molar-refractivity contribution in [2.45, 2.75) is 12.3 Å². The molecule has 1 heterocycles. The van der Waals surface area contributed by atoms with Crippen LogP contribution in [0.25, 0.3) is 0 Å². The molecule has 1 fully saturated rings. The van der Waals surface area contributed by atoms with Crippen LogP contribution >= 0.6 is 22.6 Å². The van der Waals surface area contributed by atoms with Gasteiger partial charge in [0.2, 0.25) is 0 Å². The maximum absolute atomic E-state index is 13.5. The molecule has 2 rings (SSSR count). The molecule has 0 aliphatic carbocycles. The summed E-state index contributed by atoms with van der Waals surface area (Å²) in [5.41, 5.74) is 0.246. The van der Waals surface area contributed by atoms with Gasteiger partial charge in [-0.05, 0) is 47.7 Å². The largest absolute Gasteiger partial charge is 0.316 e. The molecule has 0 radical (unpaired) electrons. The highest BCUT2D eigenvalue weighted by Gasteiger charge is 2.23. The molecule has 1 unspecified atom stereocenters. The highest BCUT2D eigenvalue weighted by molar-refractivity contribution is 14.1. The Morgan fingerprint density at radius 3 is 2.43 bits per heavy atom. The van der Waals surface area contributed by atoms with Gasteiger partial charge >= 0.3 is 0 Å². The maximum atomic E-state index is 13.5. The molecular formula is C10H10F2IN. The van der Waals surface area contributed by atoms with Crippen molar-refractivity contribution in [3.8, 4) is 0 Å². The zero-order valence-corrected chi connectivity index (χ0v) is 9.64. The van der Waals surface area contributed by atoms with Crippen molar-refractivity contribution in [1.29, 1.82) is 0 Å². The van der Waals surface area contributed by atoms with Gasteiger partial charge < -0.3 is 5.32 Å². The van der Waals surface area contributed by atoms with E-state index in [0.29, 0.717) is 10.1 Å². The van der Waals surface area contributed by atoms with Crippen molar-refractivity contribution >= 4 is 22.6 Å². The third-order valence-electron chi connectivity index (χ3n) is 2.51. The molecule has 4 heteroatoms. The van der Waals surface area contributed by atoms with Gasteiger partial charge in [-0.1, -0.05) is 0 Å². The molecule has 0 amide bonds. The second-order valence-corrected chi connectivity index (χ2v) is 4.72. The van der Waals surface area contributed by atoms with Crippen LogP contribution in [0.1, 0.15) is 17.9 Å². The van der Waals surface area contributed by atoms with Gasteiger partial charge in [-0.25, -0.2) is 8.78 Å². The maximum Gasteiger partial charge on any atom is 0.130 e. The van der Waals surface area contributed by atoms with Gasteiger partial charge in [-0.15, -0.1) is 0 Å². The molecule has 14 heavy (non-hydrogen) atoms. The lowest BCUT2D eigenvalue weighted by molar-refractivity contribution is 0.530. The fraction of sp³-hybridized carbons (Fsp3) is 0.400. The molecule has 1 atom stereocenters. The van der Waals surface area contributed by atoms with Crippen molar-refractivity contribution < 1.29 is 8.78 Å². The van der Waals surface area contributed by atoms with Gasteiger partial charge in [0.05, 0.1) is 0 Å². The number of rotatable bonds is 1. The number of benzene rings is 1. The fourth-order valence-electron chi connectivity index (χ4n) is 1.84. The molecule has 1 aromatic carbocycles. The summed E-state index contributed by atoms with van der Waals surface area (Å²) in [6.45, 7) is 1.52. The summed E-state index contributed by atoms with van der Waals surface area (Å²) in [7, 11) is 0. The quantitative estimate of drug-likeness (QED) is 0.787. The first-order valence-electron chi connectivity index (χ1n) is 4.53. The summed E-state index contributed by atoms with van der Waals surface area (Å²) < 4.78 is 27.6. The van der Waals surface area contributed by atoms with E-state index >= 15 is 0 Å². The van der Waals surface area contributed by atoms with Crippen LogP contribution in [0.15, 0.2) is 12.1 Å². The molecule has 1 aliphatic rings. The first kappa shape index (κ1) is 10.3. The fourth-order valence-corrected chi connectivity index (χ4v) is 2.39. The predicted octanol–water partition coefficient (Wildman–Crippen LogP) is 2.65. The lowest BCUT2D eigenvalue weighted by Crippen LogP contribution is -2.10. The van der Waals surface area contributed by atoms with Crippen LogP contribution in [0.2, 0.25) is 0 Å². The minimum atomic E-state index is -0.414. The van der Waals surface area contributed by atoms with Crippen molar-refractivity contribution in [3.63, 3.8) is 0 Å². The summed E-state index contributed by atoms with van der Waals surface area (Å²) in [4.78, 5) is 0. The average molecular weight is 309 g/mol. The van der Waals surface area contributed by atoms with E-state index in [4.69, 9.17) is 0 Å². The summed E-state index contributed by atoms with van der Waals surface area (Å²) >= 11 is 1.92. The van der Waals surface area contributed by atoms with Crippen LogP contribution in [-0.4, -0.2) is 13.1 Å². The Bertz CT molecular complexity index is 325. The monoisotopic (exact) mass is 309 g/mol. The summed E-state index contributed by atoms with van der Waals surface area (Å²) in [5.74, 6) is -0.835. The molecule has 1 aliphatic heterocycles. The van der Waals surface area contributed by atoms with Crippen LogP contribution in [0.3, 0.4) is 0 Å². The topological polar surface area (TPSA) is 12.0 Å². The zero-order chi connectivity index (χ0) is 10.1. The lowest BCUT2D eigenvalue weighted by atomic mass is 9.97. The van der Waals surface area contributed by atoms with Crippen LogP contribution in [0.5, 0.6) is 0 Å². The minimum Gasteiger partial charge on any atom is -0.316 e. The Morgan fingerprint density at radius 2 is 1.93 bits per heavy atom. The molecule has 1 N–H and O–H groups in total. The van der Waals surface area contributed by atoms with E-state index in [-0.39, 0.29) is 11.5 Å². The number of nitrogens with one attached hydrogen (secondary N) is 1. The first-order valence-corrected chi connectivity index (χ1v) is 5.61. The standard InChI is InChI=1S/C10H10F2IN/c11-8-3-7(13)4-9(12)10(8)6-1-2-14-5-6/h3-4,6,14H,1-2,5H2. The van der Waals surface area contributed by atoms with Gasteiger partial charge in [-0.2, -0.15) is 0 Å². The smallest absolute Gasteiger partial charge is 0.130 e. The molecule has 0 spiro atoms. The van der Waals surface area contributed by atoms with Crippen molar-refractivity contribution in [3.05, 3.63) is 32.9 Å².